The van der Waals surface area contributed by atoms with Gasteiger partial charge >= 0.3 is 0 Å². The predicted molar refractivity (Wildman–Crippen MR) is 109 cm³/mol. The molecule has 2 heterocycles. The lowest BCUT2D eigenvalue weighted by Crippen LogP contribution is -2.85. The first-order valence-corrected chi connectivity index (χ1v) is 10.5. The molecule has 4 nitrogen and oxygen atoms in total. The Bertz CT molecular complexity index is 828. The summed E-state index contributed by atoms with van der Waals surface area (Å²) in [5.41, 5.74) is 2.40. The van der Waals surface area contributed by atoms with Gasteiger partial charge in [-0.1, -0.05) is 67.1 Å². The lowest BCUT2D eigenvalue weighted by molar-refractivity contribution is -0.207. The van der Waals surface area contributed by atoms with Crippen molar-refractivity contribution in [1.29, 1.82) is 0 Å². The topological polar surface area (TPSA) is 43.8 Å². The number of hydrogen-bond acceptors (Lipinski definition) is 3. The van der Waals surface area contributed by atoms with Crippen molar-refractivity contribution < 1.29 is 9.90 Å². The molecule has 2 saturated heterocycles. The Morgan fingerprint density at radius 2 is 1.64 bits per heavy atom. The normalized spacial score (nSPS) is 26.4. The van der Waals surface area contributed by atoms with Gasteiger partial charge in [0.15, 0.2) is 0 Å². The Labute approximate surface area is 166 Å². The molecule has 3 aliphatic rings. The number of carbonyl (C=O) groups excluding carboxylic acids is 1. The summed E-state index contributed by atoms with van der Waals surface area (Å²) in [5.74, 6) is 0.664. The summed E-state index contributed by atoms with van der Waals surface area (Å²) < 4.78 is 0. The molecule has 1 spiro atoms. The molecule has 1 amide bonds. The van der Waals surface area contributed by atoms with E-state index in [1.165, 1.54) is 11.1 Å². The molecule has 0 radical (unpaired) electrons. The predicted octanol–water partition coefficient (Wildman–Crippen LogP) is 3.03. The van der Waals surface area contributed by atoms with E-state index in [2.05, 4.69) is 58.3 Å². The third-order valence-corrected chi connectivity index (χ3v) is 7.06. The van der Waals surface area contributed by atoms with Gasteiger partial charge in [0, 0.05) is 31.5 Å². The highest BCUT2D eigenvalue weighted by atomic mass is 16.3. The molecule has 1 saturated carbocycles. The van der Waals surface area contributed by atoms with E-state index >= 15 is 0 Å². The van der Waals surface area contributed by atoms with Crippen LogP contribution in [-0.2, 0) is 11.3 Å². The van der Waals surface area contributed by atoms with E-state index in [0.717, 1.165) is 38.9 Å². The van der Waals surface area contributed by atoms with Crippen LogP contribution in [0.25, 0.3) is 0 Å². The Balaban J connectivity index is 1.40. The van der Waals surface area contributed by atoms with E-state index in [1.807, 2.05) is 12.1 Å². The third kappa shape index (κ3) is 2.70. The second kappa shape index (κ2) is 7.02. The number of hydrogen-bond donors (Lipinski definition) is 1. The van der Waals surface area contributed by atoms with E-state index in [0.29, 0.717) is 0 Å². The monoisotopic (exact) mass is 376 g/mol. The summed E-state index contributed by atoms with van der Waals surface area (Å²) >= 11 is 0. The number of nitrogens with zero attached hydrogens (tertiary/aromatic N) is 2. The van der Waals surface area contributed by atoms with Crippen LogP contribution in [0, 0.1) is 5.92 Å². The minimum absolute atomic E-state index is 0.0401. The van der Waals surface area contributed by atoms with Crippen molar-refractivity contribution in [2.24, 2.45) is 5.92 Å². The molecular weight excluding hydrogens is 348 g/mol. The smallest absolute Gasteiger partial charge is 0.226 e. The van der Waals surface area contributed by atoms with Gasteiger partial charge in [-0.15, -0.1) is 0 Å². The number of likely N-dealkylation sites (tertiary alicyclic amines) is 2. The summed E-state index contributed by atoms with van der Waals surface area (Å²) in [5, 5.41) is 10.2. The van der Waals surface area contributed by atoms with Crippen molar-refractivity contribution in [1.82, 2.24) is 9.80 Å². The van der Waals surface area contributed by atoms with Crippen molar-refractivity contribution in [3.8, 4) is 0 Å². The van der Waals surface area contributed by atoms with Crippen LogP contribution >= 0.6 is 0 Å². The molecule has 2 aromatic rings. The van der Waals surface area contributed by atoms with Gasteiger partial charge in [0.05, 0.1) is 18.2 Å². The lowest BCUT2D eigenvalue weighted by atomic mass is 9.60. The molecule has 0 unspecified atom stereocenters. The van der Waals surface area contributed by atoms with Crippen molar-refractivity contribution in [2.75, 3.05) is 19.7 Å². The summed E-state index contributed by atoms with van der Waals surface area (Å²) in [6, 6.07) is 20.9. The minimum atomic E-state index is -0.157. The van der Waals surface area contributed by atoms with Gasteiger partial charge in [-0.2, -0.15) is 0 Å². The maximum absolute atomic E-state index is 13.2. The molecule has 28 heavy (non-hydrogen) atoms. The molecule has 3 fully saturated rings. The maximum atomic E-state index is 13.2. The summed E-state index contributed by atoms with van der Waals surface area (Å²) in [6.45, 7) is 2.73. The van der Waals surface area contributed by atoms with Crippen molar-refractivity contribution >= 4 is 5.91 Å². The lowest BCUT2D eigenvalue weighted by Gasteiger charge is -2.71. The van der Waals surface area contributed by atoms with Gasteiger partial charge in [0.1, 0.15) is 0 Å². The summed E-state index contributed by atoms with van der Waals surface area (Å²) in [7, 11) is 0. The molecule has 146 valence electrons. The number of benzene rings is 2. The first-order chi connectivity index (χ1) is 13.7. The van der Waals surface area contributed by atoms with E-state index in [9.17, 15) is 9.90 Å². The number of amides is 1. The second-order valence-electron chi connectivity index (χ2n) is 8.71. The maximum Gasteiger partial charge on any atom is 0.226 e. The zero-order chi connectivity index (χ0) is 19.1. The van der Waals surface area contributed by atoms with Crippen LogP contribution < -0.4 is 0 Å². The third-order valence-electron chi connectivity index (χ3n) is 7.06. The fraction of sp³-hybridized carbons (Fsp3) is 0.458. The molecule has 2 aliphatic heterocycles. The van der Waals surface area contributed by atoms with Crippen LogP contribution in [0.2, 0.25) is 0 Å². The molecule has 2 aromatic carbocycles. The molecule has 2 atom stereocenters. The fourth-order valence-electron chi connectivity index (χ4n) is 5.55. The van der Waals surface area contributed by atoms with Crippen molar-refractivity contribution in [3.63, 3.8) is 0 Å². The minimum Gasteiger partial charge on any atom is -0.394 e. The first-order valence-electron chi connectivity index (χ1n) is 10.5. The highest BCUT2D eigenvalue weighted by molar-refractivity contribution is 5.83. The number of aliphatic hydroxyl groups is 1. The Kier molecular flexibility index (Phi) is 4.48. The van der Waals surface area contributed by atoms with Gasteiger partial charge in [0.25, 0.3) is 0 Å². The van der Waals surface area contributed by atoms with Crippen LogP contribution in [-0.4, -0.2) is 52.1 Å². The first kappa shape index (κ1) is 17.9. The average molecular weight is 377 g/mol. The van der Waals surface area contributed by atoms with Crippen LogP contribution in [0.3, 0.4) is 0 Å². The average Bonchev–Trinajstić information content (AvgIpc) is 2.63. The van der Waals surface area contributed by atoms with Crippen LogP contribution in [0.15, 0.2) is 60.7 Å². The molecule has 0 bridgehead atoms. The Hall–Kier alpha value is -2.17. The standard InChI is InChI=1S/C24H28N2O2/c27-15-21-22(19-10-5-2-6-11-19)24(26(21)23(28)20-12-7-13-20)16-25(17-24)14-18-8-3-1-4-9-18/h1-6,8-11,20-22,27H,7,12-17H2/t21-,22+/m0/s1. The van der Waals surface area contributed by atoms with Crippen LogP contribution in [0.4, 0.5) is 0 Å². The van der Waals surface area contributed by atoms with Gasteiger partial charge in [-0.05, 0) is 24.0 Å². The number of carbonyl (C=O) groups is 1. The number of rotatable bonds is 5. The summed E-state index contributed by atoms with van der Waals surface area (Å²) in [6.07, 6.45) is 3.17. The van der Waals surface area contributed by atoms with Crippen molar-refractivity contribution in [2.45, 2.75) is 43.3 Å². The second-order valence-corrected chi connectivity index (χ2v) is 8.71. The fourth-order valence-corrected chi connectivity index (χ4v) is 5.55. The van der Waals surface area contributed by atoms with Gasteiger partial charge in [-0.3, -0.25) is 9.69 Å². The van der Waals surface area contributed by atoms with Crippen molar-refractivity contribution in [3.05, 3.63) is 71.8 Å². The molecule has 0 aromatic heterocycles. The zero-order valence-corrected chi connectivity index (χ0v) is 16.2. The Morgan fingerprint density at radius 1 is 1.00 bits per heavy atom. The van der Waals surface area contributed by atoms with Gasteiger partial charge < -0.3 is 10.0 Å². The molecule has 5 rings (SSSR count). The van der Waals surface area contributed by atoms with Crippen LogP contribution in [0.1, 0.15) is 36.3 Å². The number of aliphatic hydroxyl groups excluding tert-OH is 1. The largest absolute Gasteiger partial charge is 0.394 e. The highest BCUT2D eigenvalue weighted by Gasteiger charge is 2.67. The molecular formula is C24H28N2O2. The van der Waals surface area contributed by atoms with E-state index < -0.39 is 0 Å². The summed E-state index contributed by atoms with van der Waals surface area (Å²) in [4.78, 5) is 17.7. The molecule has 1 N–H and O–H groups in total. The highest BCUT2D eigenvalue weighted by Crippen LogP contribution is 2.55. The molecule has 4 heteroatoms. The van der Waals surface area contributed by atoms with E-state index in [4.69, 9.17) is 0 Å². The van der Waals surface area contributed by atoms with Crippen LogP contribution in [0.5, 0.6) is 0 Å². The zero-order valence-electron chi connectivity index (χ0n) is 16.2. The quantitative estimate of drug-likeness (QED) is 0.872. The van der Waals surface area contributed by atoms with Gasteiger partial charge in [-0.25, -0.2) is 0 Å². The Morgan fingerprint density at radius 3 is 2.21 bits per heavy atom. The molecule has 1 aliphatic carbocycles. The van der Waals surface area contributed by atoms with E-state index in [-0.39, 0.29) is 35.9 Å². The van der Waals surface area contributed by atoms with E-state index in [1.54, 1.807) is 0 Å². The van der Waals surface area contributed by atoms with Gasteiger partial charge in [0.2, 0.25) is 5.91 Å². The SMILES string of the molecule is O=C(C1CCC1)N1[C@@H](CO)[C@@H](c2ccccc2)C12CN(Cc1ccccc1)C2.